The first-order chi connectivity index (χ1) is 7.99. The average Bonchev–Trinajstić information content (AvgIpc) is 2.92. The molecule has 0 aromatic rings. The van der Waals surface area contributed by atoms with Crippen molar-refractivity contribution in [2.24, 2.45) is 17.3 Å². The maximum Gasteiger partial charge on any atom is 0.324 e. The molecular formula is C14H17BrO2. The predicted molar refractivity (Wildman–Crippen MR) is 69.8 cm³/mol. The molecule has 3 rings (SSSR count). The third-order valence-corrected chi connectivity index (χ3v) is 6.37. The number of fused-ring (bicyclic) bond motifs is 3. The summed E-state index contributed by atoms with van der Waals surface area (Å²) in [7, 11) is 1.49. The Hall–Kier alpha value is -0.570. The minimum absolute atomic E-state index is 0.0894. The summed E-state index contributed by atoms with van der Waals surface area (Å²) in [4.78, 5) is 12.2. The van der Waals surface area contributed by atoms with Crippen molar-refractivity contribution in [3.63, 3.8) is 0 Å². The van der Waals surface area contributed by atoms with E-state index in [2.05, 4.69) is 41.9 Å². The van der Waals surface area contributed by atoms with Crippen LogP contribution >= 0.6 is 15.9 Å². The molecule has 0 aromatic carbocycles. The number of carbonyl (C=O) groups excluding carboxylic acids is 1. The highest BCUT2D eigenvalue weighted by atomic mass is 79.9. The number of rotatable bonds is 1. The molecule has 17 heavy (non-hydrogen) atoms. The van der Waals surface area contributed by atoms with Gasteiger partial charge in [-0.3, -0.25) is 4.79 Å². The van der Waals surface area contributed by atoms with E-state index >= 15 is 0 Å². The lowest BCUT2D eigenvalue weighted by Crippen LogP contribution is -2.45. The number of halogens is 1. The molecular weight excluding hydrogens is 280 g/mol. The Morgan fingerprint density at radius 3 is 2.41 bits per heavy atom. The first-order valence-corrected chi connectivity index (χ1v) is 6.91. The van der Waals surface area contributed by atoms with Gasteiger partial charge in [0, 0.05) is 17.3 Å². The number of ether oxygens (including phenoxy) is 1. The standard InChI is InChI=1S/C14H17BrO2/c1-8(2)11-9-4-5-10(11)14(15,12(16)17-3)13(9)6-7-13/h4-5,9-10H,6-7H2,1-3H3/t9-,10+,14+/m1/s1. The van der Waals surface area contributed by atoms with Crippen LogP contribution in [0.4, 0.5) is 0 Å². The molecule has 0 radical (unpaired) electrons. The van der Waals surface area contributed by atoms with Gasteiger partial charge in [-0.2, -0.15) is 0 Å². The lowest BCUT2D eigenvalue weighted by Gasteiger charge is -2.34. The number of methoxy groups -OCH3 is 1. The van der Waals surface area contributed by atoms with Gasteiger partial charge >= 0.3 is 5.97 Å². The van der Waals surface area contributed by atoms with Gasteiger partial charge in [0.25, 0.3) is 0 Å². The summed E-state index contributed by atoms with van der Waals surface area (Å²) in [5, 5.41) is 0. The molecule has 0 aliphatic heterocycles. The van der Waals surface area contributed by atoms with Gasteiger partial charge in [0.15, 0.2) is 0 Å². The van der Waals surface area contributed by atoms with Crippen LogP contribution in [0.2, 0.25) is 0 Å². The lowest BCUT2D eigenvalue weighted by molar-refractivity contribution is -0.145. The molecule has 0 amide bonds. The van der Waals surface area contributed by atoms with Gasteiger partial charge in [-0.15, -0.1) is 0 Å². The summed E-state index contributed by atoms with van der Waals surface area (Å²) in [6.07, 6.45) is 6.72. The third-order valence-electron chi connectivity index (χ3n) is 4.76. The smallest absolute Gasteiger partial charge is 0.324 e. The molecule has 3 atom stereocenters. The third kappa shape index (κ3) is 1.09. The van der Waals surface area contributed by atoms with Crippen molar-refractivity contribution < 1.29 is 9.53 Å². The van der Waals surface area contributed by atoms with E-state index in [1.807, 2.05) is 0 Å². The molecule has 2 bridgehead atoms. The van der Waals surface area contributed by atoms with E-state index in [4.69, 9.17) is 4.74 Å². The van der Waals surface area contributed by atoms with E-state index in [0.717, 1.165) is 12.8 Å². The maximum atomic E-state index is 12.2. The van der Waals surface area contributed by atoms with Gasteiger partial charge in [0.2, 0.25) is 0 Å². The fraction of sp³-hybridized carbons (Fsp3) is 0.643. The normalized spacial score (nSPS) is 39.9. The molecule has 3 aliphatic carbocycles. The maximum absolute atomic E-state index is 12.2. The largest absolute Gasteiger partial charge is 0.468 e. The van der Waals surface area contributed by atoms with Crippen molar-refractivity contribution in [2.75, 3.05) is 7.11 Å². The van der Waals surface area contributed by atoms with Crippen molar-refractivity contribution in [1.29, 1.82) is 0 Å². The number of hydrogen-bond donors (Lipinski definition) is 0. The van der Waals surface area contributed by atoms with E-state index < -0.39 is 4.32 Å². The Kier molecular flexibility index (Phi) is 2.20. The second kappa shape index (κ2) is 3.25. The minimum Gasteiger partial charge on any atom is -0.468 e. The Morgan fingerprint density at radius 1 is 1.35 bits per heavy atom. The van der Waals surface area contributed by atoms with Crippen LogP contribution in [0, 0.1) is 17.3 Å². The SMILES string of the molecule is COC(=O)[C@@]1(Br)[C@H]2C=C[C@H](C2=C(C)C)C12CC2. The fourth-order valence-electron chi connectivity index (χ4n) is 3.90. The summed E-state index contributed by atoms with van der Waals surface area (Å²) < 4.78 is 4.54. The number of alkyl halides is 1. The van der Waals surface area contributed by atoms with Crippen LogP contribution in [-0.4, -0.2) is 17.4 Å². The van der Waals surface area contributed by atoms with Gasteiger partial charge in [-0.1, -0.05) is 39.2 Å². The van der Waals surface area contributed by atoms with E-state index in [0.29, 0.717) is 5.92 Å². The molecule has 0 N–H and O–H groups in total. The second-order valence-corrected chi connectivity index (χ2v) is 6.91. The van der Waals surface area contributed by atoms with E-state index in [1.54, 1.807) is 0 Å². The highest BCUT2D eigenvalue weighted by Crippen LogP contribution is 2.76. The number of esters is 1. The lowest BCUT2D eigenvalue weighted by atomic mass is 9.79. The first kappa shape index (κ1) is 11.5. The van der Waals surface area contributed by atoms with Gasteiger partial charge in [-0.25, -0.2) is 0 Å². The quantitative estimate of drug-likeness (QED) is 0.422. The zero-order chi connectivity index (χ0) is 12.4. The number of hydrogen-bond acceptors (Lipinski definition) is 2. The molecule has 1 spiro atoms. The van der Waals surface area contributed by atoms with Crippen LogP contribution in [0.25, 0.3) is 0 Å². The van der Waals surface area contributed by atoms with Crippen molar-refractivity contribution in [3.8, 4) is 0 Å². The van der Waals surface area contributed by atoms with Crippen LogP contribution in [0.5, 0.6) is 0 Å². The van der Waals surface area contributed by atoms with Crippen LogP contribution in [0.3, 0.4) is 0 Å². The molecule has 3 heteroatoms. The summed E-state index contributed by atoms with van der Waals surface area (Å²) in [6.45, 7) is 4.29. The van der Waals surface area contributed by atoms with E-state index in [9.17, 15) is 4.79 Å². The van der Waals surface area contributed by atoms with Crippen molar-refractivity contribution >= 4 is 21.9 Å². The molecule has 0 saturated heterocycles. The highest BCUT2D eigenvalue weighted by Gasteiger charge is 2.76. The van der Waals surface area contributed by atoms with Crippen LogP contribution in [0.15, 0.2) is 23.3 Å². The van der Waals surface area contributed by atoms with Crippen molar-refractivity contribution in [1.82, 2.24) is 0 Å². The van der Waals surface area contributed by atoms with Gasteiger partial charge < -0.3 is 4.74 Å². The molecule has 92 valence electrons. The summed E-state index contributed by atoms with van der Waals surface area (Å²) >= 11 is 3.76. The molecule has 3 aliphatic rings. The summed E-state index contributed by atoms with van der Waals surface area (Å²) in [5.41, 5.74) is 2.87. The van der Waals surface area contributed by atoms with Crippen molar-refractivity contribution in [2.45, 2.75) is 31.0 Å². The summed E-state index contributed by atoms with van der Waals surface area (Å²) in [6, 6.07) is 0. The monoisotopic (exact) mass is 296 g/mol. The average molecular weight is 297 g/mol. The first-order valence-electron chi connectivity index (χ1n) is 6.12. The predicted octanol–water partition coefficient (Wildman–Crippen LogP) is 3.23. The Bertz CT molecular complexity index is 455. The molecule has 2 nitrogen and oxygen atoms in total. The van der Waals surface area contributed by atoms with Crippen LogP contribution < -0.4 is 0 Å². The summed E-state index contributed by atoms with van der Waals surface area (Å²) in [5.74, 6) is 0.522. The second-order valence-electron chi connectivity index (χ2n) is 5.66. The van der Waals surface area contributed by atoms with Crippen molar-refractivity contribution in [3.05, 3.63) is 23.3 Å². The zero-order valence-electron chi connectivity index (χ0n) is 10.4. The topological polar surface area (TPSA) is 26.3 Å². The van der Waals surface area contributed by atoms with Crippen LogP contribution in [-0.2, 0) is 9.53 Å². The highest BCUT2D eigenvalue weighted by molar-refractivity contribution is 9.10. The molecule has 2 saturated carbocycles. The number of carbonyl (C=O) groups is 1. The molecule has 0 aromatic heterocycles. The van der Waals surface area contributed by atoms with Gasteiger partial charge in [0.05, 0.1) is 7.11 Å². The van der Waals surface area contributed by atoms with E-state index in [-0.39, 0.29) is 17.3 Å². The van der Waals surface area contributed by atoms with Gasteiger partial charge in [-0.05, 0) is 26.7 Å². The minimum atomic E-state index is -0.513. The van der Waals surface area contributed by atoms with E-state index in [1.165, 1.54) is 18.3 Å². The molecule has 0 unspecified atom stereocenters. The Labute approximate surface area is 110 Å². The fourth-order valence-corrected chi connectivity index (χ4v) is 5.10. The Morgan fingerprint density at radius 2 is 1.94 bits per heavy atom. The molecule has 2 fully saturated rings. The molecule has 0 heterocycles. The van der Waals surface area contributed by atoms with Gasteiger partial charge in [0.1, 0.15) is 4.32 Å². The Balaban J connectivity index is 2.17. The van der Waals surface area contributed by atoms with Crippen LogP contribution in [0.1, 0.15) is 26.7 Å². The zero-order valence-corrected chi connectivity index (χ0v) is 12.0. The number of allylic oxidation sites excluding steroid dienone is 4.